The molecule has 1 amide bonds. The molecular formula is C38H38Cl2HfNOSi. The summed E-state index contributed by atoms with van der Waals surface area (Å²) in [6.45, 7) is 8.55. The van der Waals surface area contributed by atoms with Crippen molar-refractivity contribution in [2.75, 3.05) is 0 Å². The third kappa shape index (κ3) is 5.49. The molecule has 0 radical (unpaired) electrons. The minimum absolute atomic E-state index is 0.157. The zero-order valence-electron chi connectivity index (χ0n) is 25.7. The van der Waals surface area contributed by atoms with E-state index in [-0.39, 0.29) is 17.7 Å². The number of fused-ring (bicyclic) bond motifs is 3. The summed E-state index contributed by atoms with van der Waals surface area (Å²) < 4.78 is 4.58. The molecule has 6 rings (SSSR count). The molecule has 0 heterocycles. The van der Waals surface area contributed by atoms with E-state index in [4.69, 9.17) is 17.2 Å². The Balaban J connectivity index is 1.65. The number of carbonyl (C=O) groups excluding carboxylic acids is 1. The van der Waals surface area contributed by atoms with Crippen LogP contribution in [0.1, 0.15) is 72.1 Å². The molecule has 0 bridgehead atoms. The van der Waals surface area contributed by atoms with Crippen molar-refractivity contribution in [3.05, 3.63) is 149 Å². The van der Waals surface area contributed by atoms with Gasteiger partial charge >= 0.3 is 273 Å². The predicted octanol–water partition coefficient (Wildman–Crippen LogP) is 8.01. The first-order valence-electron chi connectivity index (χ1n) is 15.4. The average molecular weight is 802 g/mol. The van der Waals surface area contributed by atoms with Gasteiger partial charge in [0.25, 0.3) is 0 Å². The summed E-state index contributed by atoms with van der Waals surface area (Å²) in [5, 5.41) is 2.27. The molecule has 5 aromatic carbocycles. The van der Waals surface area contributed by atoms with Gasteiger partial charge in [0.2, 0.25) is 0 Å². The second kappa shape index (κ2) is 12.2. The van der Waals surface area contributed by atoms with Gasteiger partial charge in [0.1, 0.15) is 0 Å². The summed E-state index contributed by atoms with van der Waals surface area (Å²) in [6.07, 6.45) is 0.744. The Bertz CT molecular complexity index is 1770. The maximum absolute atomic E-state index is 15.0. The molecule has 0 saturated heterocycles. The van der Waals surface area contributed by atoms with Crippen LogP contribution >= 0.6 is 17.2 Å². The fourth-order valence-electron chi connectivity index (χ4n) is 7.03. The van der Waals surface area contributed by atoms with Crippen LogP contribution in [0.4, 0.5) is 0 Å². The third-order valence-corrected chi connectivity index (χ3v) is 57.3. The molecular weight excluding hydrogens is 764 g/mol. The van der Waals surface area contributed by atoms with Gasteiger partial charge in [-0.1, -0.05) is 0 Å². The molecule has 0 aromatic heterocycles. The summed E-state index contributed by atoms with van der Waals surface area (Å²) in [5.41, 5.74) is 7.54. The van der Waals surface area contributed by atoms with Gasteiger partial charge in [-0.05, 0) is 0 Å². The molecule has 0 unspecified atom stereocenters. The first kappa shape index (κ1) is 31.2. The van der Waals surface area contributed by atoms with E-state index in [1.54, 1.807) is 0 Å². The Hall–Kier alpha value is -2.76. The Morgan fingerprint density at radius 1 is 0.659 bits per heavy atom. The summed E-state index contributed by atoms with van der Waals surface area (Å²) >= 11 is -5.80. The standard InChI is InChI=1S/C13H19NO.C13H9.C12H11Si.2ClH.Hf/c1-8(2)10-6-5-7-11(9(3)4)12(10)13(14)15;1-3-7-12-10(5-1)9-11-6-2-4-8-13(11)12;1-3-7-11(8-4-1)13-12-9-5-2-6-10-12;;;/h5-9H,1-4H3,(H2,14,15);1-5,7-8H,9H2;1-10,13H;2*1H;/q;;;;;+3/p-3. The second-order valence-corrected chi connectivity index (χ2v) is 61.5. The van der Waals surface area contributed by atoms with Crippen LogP contribution in [-0.4, -0.2) is 11.9 Å². The van der Waals surface area contributed by atoms with Crippen LogP contribution in [0.2, 0.25) is 0 Å². The van der Waals surface area contributed by atoms with Gasteiger partial charge in [-0.2, -0.15) is 0 Å². The number of nitrogens with one attached hydrogen (secondary N) is 1. The number of hydrogen-bond donors (Lipinski definition) is 1. The van der Waals surface area contributed by atoms with E-state index < -0.39 is 21.6 Å². The quantitative estimate of drug-likeness (QED) is 0.156. The molecule has 2 nitrogen and oxygen atoms in total. The van der Waals surface area contributed by atoms with Crippen LogP contribution in [0.15, 0.2) is 121 Å². The van der Waals surface area contributed by atoms with Gasteiger partial charge < -0.3 is 0 Å². The van der Waals surface area contributed by atoms with Gasteiger partial charge in [0, 0.05) is 0 Å². The van der Waals surface area contributed by atoms with Crippen LogP contribution in [-0.2, 0) is 22.0 Å². The summed E-state index contributed by atoms with van der Waals surface area (Å²) in [5.74, 6) is -2.33. The van der Waals surface area contributed by atoms with Crippen molar-refractivity contribution >= 4 is 42.7 Å². The van der Waals surface area contributed by atoms with E-state index in [0.29, 0.717) is 5.56 Å². The number of hydrogen-bond acceptors (Lipinski definition) is 1. The van der Waals surface area contributed by atoms with Crippen LogP contribution in [0.3, 0.4) is 0 Å². The van der Waals surface area contributed by atoms with E-state index in [2.05, 4.69) is 140 Å². The van der Waals surface area contributed by atoms with Gasteiger partial charge in [-0.15, -0.1) is 0 Å². The Labute approximate surface area is 270 Å². The van der Waals surface area contributed by atoms with E-state index >= 15 is 0 Å². The van der Waals surface area contributed by atoms with Crippen molar-refractivity contribution in [1.29, 1.82) is 0 Å². The average Bonchev–Trinajstić information content (AvgIpc) is 3.40. The fourth-order valence-corrected chi connectivity index (χ4v) is 58.6. The monoisotopic (exact) mass is 802 g/mol. The van der Waals surface area contributed by atoms with Crippen LogP contribution in [0.5, 0.6) is 0 Å². The Morgan fingerprint density at radius 3 is 1.73 bits per heavy atom. The molecule has 1 aliphatic carbocycles. The fraction of sp³-hybridized carbons (Fsp3) is 0.184. The van der Waals surface area contributed by atoms with Crippen molar-refractivity contribution in [2.24, 2.45) is 0 Å². The predicted molar refractivity (Wildman–Crippen MR) is 187 cm³/mol. The Morgan fingerprint density at radius 2 is 1.16 bits per heavy atom. The molecule has 0 fully saturated rings. The van der Waals surface area contributed by atoms with Crippen molar-refractivity contribution in [1.82, 2.24) is 3.30 Å². The molecule has 0 aliphatic heterocycles. The molecule has 0 spiro atoms. The Kier molecular flexibility index (Phi) is 8.66. The van der Waals surface area contributed by atoms with Crippen LogP contribution in [0.25, 0.3) is 11.1 Å². The van der Waals surface area contributed by atoms with Gasteiger partial charge in [-0.3, -0.25) is 0 Å². The van der Waals surface area contributed by atoms with E-state index in [1.807, 2.05) is 12.1 Å². The second-order valence-electron chi connectivity index (χ2n) is 12.6. The number of benzene rings is 5. The summed E-state index contributed by atoms with van der Waals surface area (Å²) in [6, 6.07) is 42.0. The van der Waals surface area contributed by atoms with E-state index in [0.717, 1.165) is 42.4 Å². The number of carbonyl (C=O) groups is 1. The van der Waals surface area contributed by atoms with Crippen molar-refractivity contribution in [2.45, 2.75) is 46.0 Å². The van der Waals surface area contributed by atoms with E-state index in [1.165, 1.54) is 11.1 Å². The summed E-state index contributed by atoms with van der Waals surface area (Å²) in [4.78, 5) is 15.0. The minimum atomic E-state index is -5.80. The zero-order chi connectivity index (χ0) is 31.1. The van der Waals surface area contributed by atoms with Gasteiger partial charge in [0.15, 0.2) is 0 Å². The number of amides is 1. The maximum atomic E-state index is 15.0. The molecule has 44 heavy (non-hydrogen) atoms. The molecule has 1 aliphatic rings. The molecule has 6 heteroatoms. The van der Waals surface area contributed by atoms with E-state index in [9.17, 15) is 4.79 Å². The third-order valence-electron chi connectivity index (χ3n) is 9.06. The zero-order valence-corrected chi connectivity index (χ0v) is 31.9. The molecule has 0 saturated carbocycles. The van der Waals surface area contributed by atoms with Crippen molar-refractivity contribution in [3.63, 3.8) is 0 Å². The van der Waals surface area contributed by atoms with Gasteiger partial charge in [-0.25, -0.2) is 0 Å². The number of rotatable bonds is 8. The number of halogens is 2. The van der Waals surface area contributed by atoms with Crippen LogP contribution < -0.4 is 17.0 Å². The molecule has 223 valence electrons. The van der Waals surface area contributed by atoms with Gasteiger partial charge in [0.05, 0.1) is 0 Å². The van der Waals surface area contributed by atoms with Crippen molar-refractivity contribution < 1.29 is 20.4 Å². The normalized spacial score (nSPS) is 13.4. The topological polar surface area (TPSA) is 29.1 Å². The summed E-state index contributed by atoms with van der Waals surface area (Å²) in [7, 11) is 16.8. The molecule has 5 aromatic rings. The first-order chi connectivity index (χ1) is 21.1. The molecule has 0 atom stereocenters. The molecule has 1 N–H and O–H groups in total. The first-order valence-corrected chi connectivity index (χ1v) is 35.9. The van der Waals surface area contributed by atoms with Crippen molar-refractivity contribution in [3.8, 4) is 11.1 Å². The SMILES string of the molecule is CC(C)c1cccc(C(C)C)c1C(=O)[NH][Hf]([Cl])([Cl])([c]1cccc2c1Cc1ccccc1-2)[SiH](c1ccccc1)c1ccccc1. The van der Waals surface area contributed by atoms with Crippen LogP contribution in [0, 0.1) is 0 Å².